The first-order valence-electron chi connectivity index (χ1n) is 8.31. The number of rotatable bonds is 6. The number of aromatic nitrogens is 3. The molecule has 5 nitrogen and oxygen atoms in total. The number of benzene rings is 2. The Hall–Kier alpha value is -2.68. The van der Waals surface area contributed by atoms with Gasteiger partial charge in [-0.25, -0.2) is 4.98 Å². The average molecular weight is 423 g/mol. The average Bonchev–Trinajstić information content (AvgIpc) is 3.24. The molecule has 1 N–H and O–H groups in total. The van der Waals surface area contributed by atoms with Gasteiger partial charge in [0.1, 0.15) is 10.5 Å². The third-order valence-electron chi connectivity index (χ3n) is 3.63. The van der Waals surface area contributed by atoms with E-state index in [0.717, 1.165) is 19.8 Å². The fourth-order valence-electron chi connectivity index (χ4n) is 2.36. The van der Waals surface area contributed by atoms with Crippen LogP contribution in [0.5, 0.6) is 0 Å². The van der Waals surface area contributed by atoms with Crippen molar-refractivity contribution in [2.75, 3.05) is 5.32 Å². The second kappa shape index (κ2) is 9.01. The first-order chi connectivity index (χ1) is 13.8. The molecule has 0 aliphatic carbocycles. The summed E-state index contributed by atoms with van der Waals surface area (Å²) in [5.41, 5.74) is 2.98. The number of hydrogen-bond donors (Lipinski definition) is 1. The summed E-state index contributed by atoms with van der Waals surface area (Å²) >= 11 is 4.51. The van der Waals surface area contributed by atoms with Crippen molar-refractivity contribution in [3.8, 4) is 0 Å². The van der Waals surface area contributed by atoms with Crippen molar-refractivity contribution in [3.63, 3.8) is 0 Å². The molecule has 2 aromatic carbocycles. The third-order valence-corrected chi connectivity index (χ3v) is 6.44. The fourth-order valence-corrected chi connectivity index (χ4v) is 4.71. The highest BCUT2D eigenvalue weighted by Crippen LogP contribution is 2.30. The Morgan fingerprint density at radius 3 is 2.43 bits per heavy atom. The number of nitrogens with one attached hydrogen (secondary N) is 1. The summed E-state index contributed by atoms with van der Waals surface area (Å²) in [5.74, 6) is -0.184. The van der Waals surface area contributed by atoms with Crippen molar-refractivity contribution in [1.82, 2.24) is 15.2 Å². The van der Waals surface area contributed by atoms with E-state index in [-0.39, 0.29) is 5.91 Å². The molecule has 4 aromatic rings. The van der Waals surface area contributed by atoms with Crippen molar-refractivity contribution >= 4 is 46.5 Å². The molecule has 0 aliphatic heterocycles. The lowest BCUT2D eigenvalue weighted by atomic mass is 10.2. The van der Waals surface area contributed by atoms with Crippen molar-refractivity contribution in [3.05, 3.63) is 84.0 Å². The Labute approximate surface area is 174 Å². The molecule has 8 heteroatoms. The second-order valence-electron chi connectivity index (χ2n) is 5.56. The normalized spacial score (nSPS) is 10.6. The molecular formula is C20H14N4OS3. The zero-order valence-electron chi connectivity index (χ0n) is 14.5. The summed E-state index contributed by atoms with van der Waals surface area (Å²) in [5, 5.41) is 11.5. The van der Waals surface area contributed by atoms with Crippen molar-refractivity contribution in [2.45, 2.75) is 19.2 Å². The van der Waals surface area contributed by atoms with E-state index in [1.165, 1.54) is 23.1 Å². The lowest BCUT2D eigenvalue weighted by molar-refractivity contribution is 0.102. The van der Waals surface area contributed by atoms with Crippen LogP contribution in [-0.4, -0.2) is 21.1 Å². The third kappa shape index (κ3) is 4.78. The van der Waals surface area contributed by atoms with Gasteiger partial charge >= 0.3 is 0 Å². The summed E-state index contributed by atoms with van der Waals surface area (Å²) in [6.07, 6.45) is 1.70. The van der Waals surface area contributed by atoms with E-state index in [4.69, 9.17) is 0 Å². The lowest BCUT2D eigenvalue weighted by Gasteiger charge is -2.09. The molecule has 28 heavy (non-hydrogen) atoms. The van der Waals surface area contributed by atoms with Crippen LogP contribution in [0.15, 0.2) is 97.6 Å². The zero-order valence-corrected chi connectivity index (χ0v) is 16.9. The first kappa shape index (κ1) is 18.7. The van der Waals surface area contributed by atoms with E-state index in [0.29, 0.717) is 10.6 Å². The summed E-state index contributed by atoms with van der Waals surface area (Å²) in [7, 11) is 0. The number of carbonyl (C=O) groups is 1. The number of hydrogen-bond acceptors (Lipinski definition) is 7. The van der Waals surface area contributed by atoms with E-state index in [2.05, 4.69) is 20.5 Å². The first-order valence-corrected chi connectivity index (χ1v) is 10.8. The topological polar surface area (TPSA) is 67.8 Å². The van der Waals surface area contributed by atoms with Gasteiger partial charge in [-0.2, -0.15) is 0 Å². The van der Waals surface area contributed by atoms with E-state index in [1.54, 1.807) is 35.6 Å². The maximum atomic E-state index is 12.8. The van der Waals surface area contributed by atoms with Crippen LogP contribution in [0.25, 0.3) is 0 Å². The van der Waals surface area contributed by atoms with E-state index in [9.17, 15) is 4.79 Å². The smallest absolute Gasteiger partial charge is 0.258 e. The van der Waals surface area contributed by atoms with Gasteiger partial charge in [-0.1, -0.05) is 53.1 Å². The minimum Gasteiger partial charge on any atom is -0.322 e. The predicted octanol–water partition coefficient (Wildman–Crippen LogP) is 5.49. The molecule has 0 atom stereocenters. The van der Waals surface area contributed by atoms with Crippen LogP contribution in [-0.2, 0) is 0 Å². The molecule has 0 bridgehead atoms. The molecule has 0 radical (unpaired) electrons. The van der Waals surface area contributed by atoms with Crippen LogP contribution in [0.3, 0.4) is 0 Å². The second-order valence-corrected chi connectivity index (χ2v) is 8.77. The fraction of sp³-hybridized carbons (Fsp3) is 0. The molecule has 138 valence electrons. The van der Waals surface area contributed by atoms with Gasteiger partial charge in [0.25, 0.3) is 5.91 Å². The Kier molecular flexibility index (Phi) is 6.01. The quantitative estimate of drug-likeness (QED) is 0.443. The van der Waals surface area contributed by atoms with Crippen LogP contribution >= 0.6 is 34.9 Å². The molecule has 0 unspecified atom stereocenters. The molecule has 0 saturated carbocycles. The highest BCUT2D eigenvalue weighted by atomic mass is 32.2. The summed E-state index contributed by atoms with van der Waals surface area (Å²) in [4.78, 5) is 19.2. The predicted molar refractivity (Wildman–Crippen MR) is 113 cm³/mol. The maximum absolute atomic E-state index is 12.8. The Bertz CT molecular complexity index is 1050. The highest BCUT2D eigenvalue weighted by molar-refractivity contribution is 8.01. The van der Waals surface area contributed by atoms with Crippen LogP contribution < -0.4 is 5.32 Å². The Balaban J connectivity index is 1.46. The van der Waals surface area contributed by atoms with Crippen LogP contribution in [0.2, 0.25) is 0 Å². The standard InChI is InChI=1S/C20H14N4OS3/c25-18(17-7-4-12-21-19(17)27-15-5-2-1-3-6-15)23-14-8-10-16(11-9-14)28-20-24-22-13-26-20/h1-13H,(H,23,25). The van der Waals surface area contributed by atoms with E-state index < -0.39 is 0 Å². The summed E-state index contributed by atoms with van der Waals surface area (Å²) < 4.78 is 0.884. The Morgan fingerprint density at radius 1 is 0.893 bits per heavy atom. The molecule has 2 heterocycles. The molecule has 0 aliphatic rings. The molecule has 0 saturated heterocycles. The van der Waals surface area contributed by atoms with Gasteiger partial charge in [0, 0.05) is 21.7 Å². The van der Waals surface area contributed by atoms with Crippen molar-refractivity contribution in [1.29, 1.82) is 0 Å². The molecule has 2 aromatic heterocycles. The minimum atomic E-state index is -0.184. The summed E-state index contributed by atoms with van der Waals surface area (Å²) in [6.45, 7) is 0. The van der Waals surface area contributed by atoms with Crippen LogP contribution in [0.1, 0.15) is 10.4 Å². The number of amides is 1. The number of anilines is 1. The molecule has 4 rings (SSSR count). The van der Waals surface area contributed by atoms with Gasteiger partial charge in [0.15, 0.2) is 4.34 Å². The minimum absolute atomic E-state index is 0.184. The highest BCUT2D eigenvalue weighted by Gasteiger charge is 2.14. The monoisotopic (exact) mass is 422 g/mol. The van der Waals surface area contributed by atoms with Crippen LogP contribution in [0, 0.1) is 0 Å². The molecule has 0 spiro atoms. The van der Waals surface area contributed by atoms with E-state index in [1.807, 2.05) is 54.6 Å². The zero-order chi connectivity index (χ0) is 19.2. The van der Waals surface area contributed by atoms with Gasteiger partial charge in [0.05, 0.1) is 5.56 Å². The molecule has 0 fully saturated rings. The van der Waals surface area contributed by atoms with Crippen LogP contribution in [0.4, 0.5) is 5.69 Å². The van der Waals surface area contributed by atoms with Crippen molar-refractivity contribution in [2.24, 2.45) is 0 Å². The van der Waals surface area contributed by atoms with Gasteiger partial charge in [-0.3, -0.25) is 4.79 Å². The largest absolute Gasteiger partial charge is 0.322 e. The van der Waals surface area contributed by atoms with Gasteiger partial charge in [-0.05, 0) is 48.5 Å². The Morgan fingerprint density at radius 2 is 1.68 bits per heavy atom. The van der Waals surface area contributed by atoms with Gasteiger partial charge < -0.3 is 5.32 Å². The maximum Gasteiger partial charge on any atom is 0.258 e. The molecular weight excluding hydrogens is 408 g/mol. The number of nitrogens with zero attached hydrogens (tertiary/aromatic N) is 3. The van der Waals surface area contributed by atoms with Gasteiger partial charge in [-0.15, -0.1) is 10.2 Å². The summed E-state index contributed by atoms with van der Waals surface area (Å²) in [6, 6.07) is 21.1. The van der Waals surface area contributed by atoms with Gasteiger partial charge in [0.2, 0.25) is 0 Å². The SMILES string of the molecule is O=C(Nc1ccc(Sc2nncs2)cc1)c1cccnc1Sc1ccccc1. The van der Waals surface area contributed by atoms with Crippen molar-refractivity contribution < 1.29 is 4.79 Å². The van der Waals surface area contributed by atoms with E-state index >= 15 is 0 Å². The number of pyridine rings is 1. The molecule has 1 amide bonds. The lowest BCUT2D eigenvalue weighted by Crippen LogP contribution is -2.13. The number of carbonyl (C=O) groups excluding carboxylic acids is 1.